The van der Waals surface area contributed by atoms with Gasteiger partial charge in [0.1, 0.15) is 5.60 Å². The molecule has 4 heteroatoms. The molecule has 0 aromatic heterocycles. The molecular formula is C16H21NO3. The number of aryl methyl sites for hydroxylation is 1. The topological polar surface area (TPSA) is 46.6 Å². The number of ether oxygens (including phenoxy) is 1. The maximum atomic E-state index is 12.3. The monoisotopic (exact) mass is 275 g/mol. The molecule has 0 N–H and O–H groups in total. The molecule has 1 atom stereocenters. The molecule has 2 amide bonds. The van der Waals surface area contributed by atoms with Crippen molar-refractivity contribution in [3.8, 4) is 0 Å². The predicted octanol–water partition coefficient (Wildman–Crippen LogP) is 3.77. The Morgan fingerprint density at radius 1 is 1.35 bits per heavy atom. The fourth-order valence-electron chi connectivity index (χ4n) is 2.38. The van der Waals surface area contributed by atoms with Gasteiger partial charge in [-0.05, 0) is 45.2 Å². The Kier molecular flexibility index (Phi) is 3.59. The molecular weight excluding hydrogens is 254 g/mol. The fourth-order valence-corrected chi connectivity index (χ4v) is 2.38. The molecule has 1 aromatic carbocycles. The van der Waals surface area contributed by atoms with Crippen molar-refractivity contribution in [2.45, 2.75) is 52.6 Å². The second-order valence-corrected chi connectivity index (χ2v) is 6.38. The number of fused-ring (bicyclic) bond motifs is 1. The van der Waals surface area contributed by atoms with E-state index in [2.05, 4.69) is 0 Å². The molecule has 1 heterocycles. The number of imide groups is 1. The van der Waals surface area contributed by atoms with Gasteiger partial charge in [-0.15, -0.1) is 0 Å². The summed E-state index contributed by atoms with van der Waals surface area (Å²) < 4.78 is 5.34. The van der Waals surface area contributed by atoms with Crippen molar-refractivity contribution in [3.05, 3.63) is 29.3 Å². The Labute approximate surface area is 119 Å². The van der Waals surface area contributed by atoms with E-state index in [-0.39, 0.29) is 11.8 Å². The highest BCUT2D eigenvalue weighted by Crippen LogP contribution is 2.37. The molecule has 0 saturated carbocycles. The van der Waals surface area contributed by atoms with Crippen LogP contribution in [0.15, 0.2) is 18.2 Å². The lowest BCUT2D eigenvalue weighted by molar-refractivity contribution is -0.119. The molecule has 4 nitrogen and oxygen atoms in total. The van der Waals surface area contributed by atoms with Gasteiger partial charge in [0, 0.05) is 6.42 Å². The van der Waals surface area contributed by atoms with E-state index in [4.69, 9.17) is 4.74 Å². The number of benzene rings is 1. The standard InChI is InChI=1S/C16H21NO3/c1-10-6-7-13-12(8-10)11(2)9-14(18)17(13)15(19)20-16(3,4)5/h6-8,11H,9H2,1-5H3. The van der Waals surface area contributed by atoms with Crippen LogP contribution in [0, 0.1) is 6.92 Å². The van der Waals surface area contributed by atoms with Crippen LogP contribution < -0.4 is 4.90 Å². The van der Waals surface area contributed by atoms with Gasteiger partial charge in [0.05, 0.1) is 5.69 Å². The Morgan fingerprint density at radius 3 is 2.60 bits per heavy atom. The Morgan fingerprint density at radius 2 is 2.00 bits per heavy atom. The highest BCUT2D eigenvalue weighted by atomic mass is 16.6. The van der Waals surface area contributed by atoms with Gasteiger partial charge < -0.3 is 4.74 Å². The predicted molar refractivity (Wildman–Crippen MR) is 77.9 cm³/mol. The number of anilines is 1. The minimum atomic E-state index is -0.620. The van der Waals surface area contributed by atoms with E-state index in [1.165, 1.54) is 4.90 Å². The highest BCUT2D eigenvalue weighted by molar-refractivity contribution is 6.14. The normalized spacial score (nSPS) is 18.8. The van der Waals surface area contributed by atoms with Gasteiger partial charge in [0.2, 0.25) is 5.91 Å². The number of hydrogen-bond donors (Lipinski definition) is 0. The fraction of sp³-hybridized carbons (Fsp3) is 0.500. The van der Waals surface area contributed by atoms with Crippen LogP contribution in [0.1, 0.15) is 51.2 Å². The van der Waals surface area contributed by atoms with E-state index < -0.39 is 11.7 Å². The molecule has 0 fully saturated rings. The summed E-state index contributed by atoms with van der Waals surface area (Å²) in [5.74, 6) is -0.0841. The summed E-state index contributed by atoms with van der Waals surface area (Å²) in [6, 6.07) is 5.76. The first-order chi connectivity index (χ1) is 9.19. The van der Waals surface area contributed by atoms with Crippen LogP contribution in [-0.4, -0.2) is 17.6 Å². The first kappa shape index (κ1) is 14.6. The number of nitrogens with zero attached hydrogens (tertiary/aromatic N) is 1. The Balaban J connectivity index is 2.42. The van der Waals surface area contributed by atoms with Crippen molar-refractivity contribution in [2.24, 2.45) is 0 Å². The molecule has 1 aliphatic rings. The zero-order valence-electron chi connectivity index (χ0n) is 12.7. The lowest BCUT2D eigenvalue weighted by atomic mass is 9.90. The van der Waals surface area contributed by atoms with Gasteiger partial charge in [-0.2, -0.15) is 0 Å². The van der Waals surface area contributed by atoms with E-state index in [0.717, 1.165) is 11.1 Å². The zero-order chi connectivity index (χ0) is 15.1. The maximum Gasteiger partial charge on any atom is 0.421 e. The van der Waals surface area contributed by atoms with Crippen LogP contribution in [0.2, 0.25) is 0 Å². The van der Waals surface area contributed by atoms with Crippen molar-refractivity contribution in [3.63, 3.8) is 0 Å². The summed E-state index contributed by atoms with van der Waals surface area (Å²) in [4.78, 5) is 25.6. The summed E-state index contributed by atoms with van der Waals surface area (Å²) in [6.07, 6.45) is -0.269. The number of rotatable bonds is 0. The van der Waals surface area contributed by atoms with Crippen molar-refractivity contribution in [1.82, 2.24) is 0 Å². The third kappa shape index (κ3) is 2.84. The second-order valence-electron chi connectivity index (χ2n) is 6.38. The summed E-state index contributed by atoms with van der Waals surface area (Å²) in [5.41, 5.74) is 2.17. The van der Waals surface area contributed by atoms with Gasteiger partial charge >= 0.3 is 6.09 Å². The van der Waals surface area contributed by atoms with E-state index in [9.17, 15) is 9.59 Å². The van der Waals surface area contributed by atoms with E-state index in [0.29, 0.717) is 12.1 Å². The molecule has 1 unspecified atom stereocenters. The summed E-state index contributed by atoms with van der Waals surface area (Å²) in [5, 5.41) is 0. The lowest BCUT2D eigenvalue weighted by Crippen LogP contribution is -2.44. The van der Waals surface area contributed by atoms with E-state index in [1.807, 2.05) is 32.0 Å². The summed E-state index contributed by atoms with van der Waals surface area (Å²) in [6.45, 7) is 9.37. The van der Waals surface area contributed by atoms with Crippen molar-refractivity contribution < 1.29 is 14.3 Å². The van der Waals surface area contributed by atoms with Crippen LogP contribution in [-0.2, 0) is 9.53 Å². The van der Waals surface area contributed by atoms with Crippen LogP contribution in [0.4, 0.5) is 10.5 Å². The van der Waals surface area contributed by atoms with Crippen LogP contribution in [0.5, 0.6) is 0 Å². The molecule has 0 aliphatic carbocycles. The first-order valence-electron chi connectivity index (χ1n) is 6.85. The quantitative estimate of drug-likeness (QED) is 0.724. The molecule has 1 aromatic rings. The van der Waals surface area contributed by atoms with Crippen molar-refractivity contribution >= 4 is 17.7 Å². The smallest absolute Gasteiger partial charge is 0.421 e. The van der Waals surface area contributed by atoms with Gasteiger partial charge in [-0.3, -0.25) is 4.79 Å². The van der Waals surface area contributed by atoms with Gasteiger partial charge in [-0.25, -0.2) is 9.69 Å². The molecule has 0 saturated heterocycles. The van der Waals surface area contributed by atoms with Crippen molar-refractivity contribution in [1.29, 1.82) is 0 Å². The lowest BCUT2D eigenvalue weighted by Gasteiger charge is -2.32. The molecule has 1 aliphatic heterocycles. The molecule has 20 heavy (non-hydrogen) atoms. The largest absolute Gasteiger partial charge is 0.443 e. The van der Waals surface area contributed by atoms with Gasteiger partial charge in [-0.1, -0.05) is 24.6 Å². The second kappa shape index (κ2) is 4.93. The maximum absolute atomic E-state index is 12.3. The van der Waals surface area contributed by atoms with Gasteiger partial charge in [0.15, 0.2) is 0 Å². The molecule has 0 spiro atoms. The molecule has 0 bridgehead atoms. The number of hydrogen-bond acceptors (Lipinski definition) is 3. The van der Waals surface area contributed by atoms with Gasteiger partial charge in [0.25, 0.3) is 0 Å². The van der Waals surface area contributed by atoms with Crippen LogP contribution in [0.25, 0.3) is 0 Å². The molecule has 0 radical (unpaired) electrons. The number of carbonyl (C=O) groups is 2. The Hall–Kier alpha value is -1.84. The minimum Gasteiger partial charge on any atom is -0.443 e. The SMILES string of the molecule is Cc1ccc2c(c1)C(C)CC(=O)N2C(=O)OC(C)(C)C. The third-order valence-corrected chi connectivity index (χ3v) is 3.26. The zero-order valence-corrected chi connectivity index (χ0v) is 12.7. The average molecular weight is 275 g/mol. The summed E-state index contributed by atoms with van der Waals surface area (Å²) >= 11 is 0. The Bertz CT molecular complexity index is 557. The third-order valence-electron chi connectivity index (χ3n) is 3.26. The van der Waals surface area contributed by atoms with E-state index in [1.54, 1.807) is 20.8 Å². The summed E-state index contributed by atoms with van der Waals surface area (Å²) in [7, 11) is 0. The molecule has 108 valence electrons. The van der Waals surface area contributed by atoms with E-state index >= 15 is 0 Å². The number of carbonyl (C=O) groups excluding carboxylic acids is 2. The average Bonchev–Trinajstić information content (AvgIpc) is 2.27. The number of amides is 2. The van der Waals surface area contributed by atoms with Crippen LogP contribution in [0.3, 0.4) is 0 Å². The van der Waals surface area contributed by atoms with Crippen LogP contribution >= 0.6 is 0 Å². The highest BCUT2D eigenvalue weighted by Gasteiger charge is 2.35. The minimum absolute atomic E-state index is 0.121. The first-order valence-corrected chi connectivity index (χ1v) is 6.85. The molecule has 2 rings (SSSR count). The van der Waals surface area contributed by atoms with Crippen molar-refractivity contribution in [2.75, 3.05) is 4.90 Å².